The van der Waals surface area contributed by atoms with Gasteiger partial charge in [0.15, 0.2) is 0 Å². The minimum atomic E-state index is -3.70. The minimum Gasteiger partial charge on any atom is -0.447 e. The first kappa shape index (κ1) is 13.7. The van der Waals surface area contributed by atoms with Crippen LogP contribution in [0.3, 0.4) is 0 Å². The van der Waals surface area contributed by atoms with E-state index >= 15 is 0 Å². The Morgan fingerprint density at radius 2 is 2.21 bits per heavy atom. The molecule has 2 aromatic rings. The quantitative estimate of drug-likeness (QED) is 0.857. The third-order valence-electron chi connectivity index (χ3n) is 2.62. The molecular formula is C12H15N3O3S. The van der Waals surface area contributed by atoms with Gasteiger partial charge in [0, 0.05) is 18.4 Å². The standard InChI is InChI=1S/C12H15N3O3S/c1-9(10-3-2-6-14-8-10)15-19(16,17)12-5-4-11(7-13)18-12/h2-6,8-9,15H,7,13H2,1H3. The lowest BCUT2D eigenvalue weighted by molar-refractivity contribution is 0.411. The Hall–Kier alpha value is -1.70. The van der Waals surface area contributed by atoms with Gasteiger partial charge >= 0.3 is 0 Å². The van der Waals surface area contributed by atoms with E-state index in [0.717, 1.165) is 5.56 Å². The molecule has 2 rings (SSSR count). The zero-order chi connectivity index (χ0) is 13.9. The molecule has 0 radical (unpaired) electrons. The van der Waals surface area contributed by atoms with Crippen LogP contribution in [-0.4, -0.2) is 13.4 Å². The van der Waals surface area contributed by atoms with Crippen molar-refractivity contribution >= 4 is 10.0 Å². The van der Waals surface area contributed by atoms with Gasteiger partial charge in [0.05, 0.1) is 6.54 Å². The van der Waals surface area contributed by atoms with Crippen molar-refractivity contribution < 1.29 is 12.8 Å². The van der Waals surface area contributed by atoms with Crippen LogP contribution in [0.15, 0.2) is 46.2 Å². The summed E-state index contributed by atoms with van der Waals surface area (Å²) < 4.78 is 31.8. The number of nitrogens with one attached hydrogen (secondary N) is 1. The van der Waals surface area contributed by atoms with Crippen LogP contribution in [0.2, 0.25) is 0 Å². The summed E-state index contributed by atoms with van der Waals surface area (Å²) in [4.78, 5) is 3.95. The fraction of sp³-hybridized carbons (Fsp3) is 0.250. The average molecular weight is 281 g/mol. The molecule has 0 spiro atoms. The maximum Gasteiger partial charge on any atom is 0.274 e. The summed E-state index contributed by atoms with van der Waals surface area (Å²) in [5.74, 6) is 0.425. The lowest BCUT2D eigenvalue weighted by atomic mass is 10.2. The molecule has 0 aliphatic rings. The predicted octanol–water partition coefficient (Wildman–Crippen LogP) is 1.17. The molecule has 19 heavy (non-hydrogen) atoms. The largest absolute Gasteiger partial charge is 0.447 e. The van der Waals surface area contributed by atoms with E-state index in [0.29, 0.717) is 5.76 Å². The van der Waals surface area contributed by atoms with Crippen molar-refractivity contribution in [3.05, 3.63) is 48.0 Å². The van der Waals surface area contributed by atoms with E-state index in [9.17, 15) is 8.42 Å². The minimum absolute atomic E-state index is 0.135. The van der Waals surface area contributed by atoms with E-state index in [1.807, 2.05) is 0 Å². The van der Waals surface area contributed by atoms with Crippen LogP contribution in [0.5, 0.6) is 0 Å². The molecule has 7 heteroatoms. The van der Waals surface area contributed by atoms with Crippen LogP contribution in [0.1, 0.15) is 24.3 Å². The monoisotopic (exact) mass is 281 g/mol. The number of hydrogen-bond acceptors (Lipinski definition) is 5. The molecule has 3 N–H and O–H groups in total. The van der Waals surface area contributed by atoms with Gasteiger partial charge in [0.25, 0.3) is 10.0 Å². The van der Waals surface area contributed by atoms with Crippen LogP contribution in [0.4, 0.5) is 0 Å². The number of aromatic nitrogens is 1. The van der Waals surface area contributed by atoms with Crippen molar-refractivity contribution in [3.8, 4) is 0 Å². The highest BCUT2D eigenvalue weighted by Gasteiger charge is 2.21. The third-order valence-corrected chi connectivity index (χ3v) is 4.03. The fourth-order valence-corrected chi connectivity index (χ4v) is 2.78. The van der Waals surface area contributed by atoms with Gasteiger partial charge in [-0.1, -0.05) is 6.07 Å². The van der Waals surface area contributed by atoms with Crippen molar-refractivity contribution in [1.29, 1.82) is 0 Å². The third kappa shape index (κ3) is 3.19. The summed E-state index contributed by atoms with van der Waals surface area (Å²) in [6.45, 7) is 1.90. The van der Waals surface area contributed by atoms with Crippen molar-refractivity contribution in [2.24, 2.45) is 5.73 Å². The average Bonchev–Trinajstić information content (AvgIpc) is 2.89. The van der Waals surface area contributed by atoms with Gasteiger partial charge in [-0.2, -0.15) is 0 Å². The molecule has 0 fully saturated rings. The Morgan fingerprint density at radius 1 is 1.42 bits per heavy atom. The number of rotatable bonds is 5. The predicted molar refractivity (Wildman–Crippen MR) is 69.6 cm³/mol. The number of hydrogen-bond donors (Lipinski definition) is 2. The lowest BCUT2D eigenvalue weighted by Gasteiger charge is -2.12. The van der Waals surface area contributed by atoms with Crippen LogP contribution in [0.25, 0.3) is 0 Å². The second kappa shape index (κ2) is 5.52. The van der Waals surface area contributed by atoms with Gasteiger partial charge < -0.3 is 10.2 Å². The van der Waals surface area contributed by atoms with Gasteiger partial charge in [0.2, 0.25) is 5.09 Å². The first-order valence-electron chi connectivity index (χ1n) is 5.74. The Morgan fingerprint density at radius 3 is 2.79 bits per heavy atom. The van der Waals surface area contributed by atoms with Crippen molar-refractivity contribution in [2.45, 2.75) is 24.6 Å². The van der Waals surface area contributed by atoms with Gasteiger partial charge in [0.1, 0.15) is 5.76 Å². The van der Waals surface area contributed by atoms with E-state index in [2.05, 4.69) is 9.71 Å². The summed E-state index contributed by atoms with van der Waals surface area (Å²) in [5.41, 5.74) is 6.16. The molecule has 6 nitrogen and oxygen atoms in total. The molecule has 0 saturated carbocycles. The summed E-state index contributed by atoms with van der Waals surface area (Å²) in [7, 11) is -3.70. The number of sulfonamides is 1. The van der Waals surface area contributed by atoms with Crippen LogP contribution in [0, 0.1) is 0 Å². The van der Waals surface area contributed by atoms with Gasteiger partial charge in [-0.15, -0.1) is 0 Å². The maximum atomic E-state index is 12.1. The van der Waals surface area contributed by atoms with Crippen LogP contribution in [-0.2, 0) is 16.6 Å². The van der Waals surface area contributed by atoms with Crippen molar-refractivity contribution in [1.82, 2.24) is 9.71 Å². The van der Waals surface area contributed by atoms with E-state index in [1.54, 1.807) is 37.5 Å². The molecular weight excluding hydrogens is 266 g/mol. The second-order valence-corrected chi connectivity index (χ2v) is 5.70. The number of pyridine rings is 1. The van der Waals surface area contributed by atoms with Crippen molar-refractivity contribution in [3.63, 3.8) is 0 Å². The molecule has 2 aromatic heterocycles. The molecule has 0 aliphatic carbocycles. The molecule has 0 saturated heterocycles. The van der Waals surface area contributed by atoms with E-state index < -0.39 is 16.1 Å². The van der Waals surface area contributed by atoms with Crippen LogP contribution >= 0.6 is 0 Å². The Balaban J connectivity index is 2.17. The SMILES string of the molecule is CC(NS(=O)(=O)c1ccc(CN)o1)c1cccnc1. The Bertz CT molecular complexity index is 637. The topological polar surface area (TPSA) is 98.2 Å². The highest BCUT2D eigenvalue weighted by molar-refractivity contribution is 7.89. The Labute approximate surface area is 111 Å². The highest BCUT2D eigenvalue weighted by Crippen LogP contribution is 2.18. The van der Waals surface area contributed by atoms with E-state index in [1.165, 1.54) is 6.07 Å². The van der Waals surface area contributed by atoms with Crippen LogP contribution < -0.4 is 10.5 Å². The van der Waals surface area contributed by atoms with Gasteiger partial charge in [-0.3, -0.25) is 4.98 Å². The van der Waals surface area contributed by atoms with Gasteiger partial charge in [-0.05, 0) is 30.7 Å². The molecule has 102 valence electrons. The molecule has 2 heterocycles. The number of nitrogens with two attached hydrogens (primary N) is 1. The highest BCUT2D eigenvalue weighted by atomic mass is 32.2. The number of nitrogens with zero attached hydrogens (tertiary/aromatic N) is 1. The fourth-order valence-electron chi connectivity index (χ4n) is 1.60. The number of furan rings is 1. The van der Waals surface area contributed by atoms with E-state index in [4.69, 9.17) is 10.2 Å². The summed E-state index contributed by atoms with van der Waals surface area (Å²) in [6, 6.07) is 6.09. The zero-order valence-electron chi connectivity index (χ0n) is 10.4. The summed E-state index contributed by atoms with van der Waals surface area (Å²) >= 11 is 0. The smallest absolute Gasteiger partial charge is 0.274 e. The second-order valence-electron chi connectivity index (χ2n) is 4.05. The summed E-state index contributed by atoms with van der Waals surface area (Å²) in [5, 5.41) is -0.135. The Kier molecular flexibility index (Phi) is 3.98. The first-order chi connectivity index (χ1) is 9.03. The molecule has 1 unspecified atom stereocenters. The van der Waals surface area contributed by atoms with Gasteiger partial charge in [-0.25, -0.2) is 13.1 Å². The van der Waals surface area contributed by atoms with Crippen molar-refractivity contribution in [2.75, 3.05) is 0 Å². The maximum absolute atomic E-state index is 12.1. The molecule has 0 amide bonds. The summed E-state index contributed by atoms with van der Waals surface area (Å²) in [6.07, 6.45) is 3.24. The molecule has 0 aromatic carbocycles. The molecule has 0 aliphatic heterocycles. The first-order valence-corrected chi connectivity index (χ1v) is 7.22. The normalized spacial score (nSPS) is 13.4. The lowest BCUT2D eigenvalue weighted by Crippen LogP contribution is -2.26. The molecule has 0 bridgehead atoms. The molecule has 1 atom stereocenters. The van der Waals surface area contributed by atoms with E-state index in [-0.39, 0.29) is 11.6 Å². The zero-order valence-corrected chi connectivity index (χ0v) is 11.2.